The predicted molar refractivity (Wildman–Crippen MR) is 108 cm³/mol. The summed E-state index contributed by atoms with van der Waals surface area (Å²) in [5.41, 5.74) is 2.61. The molecule has 0 amide bonds. The van der Waals surface area contributed by atoms with E-state index in [2.05, 4.69) is 20.6 Å². The van der Waals surface area contributed by atoms with E-state index in [1.54, 1.807) is 0 Å². The van der Waals surface area contributed by atoms with Crippen LogP contribution < -0.4 is 24.8 Å². The van der Waals surface area contributed by atoms with E-state index in [9.17, 15) is 0 Å². The Kier molecular flexibility index (Phi) is 5.14. The number of ether oxygens (including phenoxy) is 3. The standard InChI is InChI=1S/C21H22N4O3/c1-3-26-17-7-4-15(5-8-17)23-20-12-14(2)22-21(25-20)24-16-6-9-18-19(13-16)28-11-10-27-18/h4-9,12-13H,3,10-11H2,1-2H3,(H2,22,23,24,25). The lowest BCUT2D eigenvalue weighted by atomic mass is 10.2. The van der Waals surface area contributed by atoms with Crippen LogP contribution in [0.3, 0.4) is 0 Å². The van der Waals surface area contributed by atoms with Crippen LogP contribution in [-0.2, 0) is 0 Å². The normalized spacial score (nSPS) is 12.4. The van der Waals surface area contributed by atoms with Crippen molar-refractivity contribution in [1.82, 2.24) is 9.97 Å². The molecule has 0 aliphatic carbocycles. The van der Waals surface area contributed by atoms with Gasteiger partial charge in [0.25, 0.3) is 0 Å². The van der Waals surface area contributed by atoms with Crippen molar-refractivity contribution in [2.75, 3.05) is 30.5 Å². The number of aromatic nitrogens is 2. The summed E-state index contributed by atoms with van der Waals surface area (Å²) in [4.78, 5) is 9.03. The number of hydrogen-bond donors (Lipinski definition) is 2. The molecule has 3 aromatic rings. The van der Waals surface area contributed by atoms with E-state index in [-0.39, 0.29) is 0 Å². The second-order valence-electron chi connectivity index (χ2n) is 6.28. The molecule has 0 saturated carbocycles. The zero-order valence-electron chi connectivity index (χ0n) is 15.9. The number of benzene rings is 2. The fraction of sp³-hybridized carbons (Fsp3) is 0.238. The summed E-state index contributed by atoms with van der Waals surface area (Å²) in [5, 5.41) is 6.53. The minimum absolute atomic E-state index is 0.505. The van der Waals surface area contributed by atoms with E-state index >= 15 is 0 Å². The van der Waals surface area contributed by atoms with Crippen molar-refractivity contribution in [3.63, 3.8) is 0 Å². The van der Waals surface area contributed by atoms with Gasteiger partial charge in [0.05, 0.1) is 6.61 Å². The van der Waals surface area contributed by atoms with Gasteiger partial charge in [-0.25, -0.2) is 4.98 Å². The molecule has 4 rings (SSSR count). The van der Waals surface area contributed by atoms with E-state index in [1.165, 1.54) is 0 Å². The largest absolute Gasteiger partial charge is 0.494 e. The van der Waals surface area contributed by atoms with Crippen molar-refractivity contribution in [2.24, 2.45) is 0 Å². The molecule has 0 unspecified atom stereocenters. The third kappa shape index (κ3) is 4.25. The van der Waals surface area contributed by atoms with Gasteiger partial charge in [0.2, 0.25) is 5.95 Å². The van der Waals surface area contributed by atoms with Crippen LogP contribution in [0, 0.1) is 6.92 Å². The molecule has 2 aromatic carbocycles. The lowest BCUT2D eigenvalue weighted by molar-refractivity contribution is 0.171. The van der Waals surface area contributed by atoms with Gasteiger partial charge < -0.3 is 24.8 Å². The van der Waals surface area contributed by atoms with Gasteiger partial charge in [-0.1, -0.05) is 0 Å². The van der Waals surface area contributed by atoms with E-state index in [4.69, 9.17) is 14.2 Å². The fourth-order valence-corrected chi connectivity index (χ4v) is 2.89. The molecule has 144 valence electrons. The van der Waals surface area contributed by atoms with E-state index in [0.29, 0.717) is 31.6 Å². The molecule has 0 fully saturated rings. The molecule has 0 saturated heterocycles. The predicted octanol–water partition coefficient (Wildman–Crippen LogP) is 4.44. The average molecular weight is 378 g/mol. The van der Waals surface area contributed by atoms with Crippen LogP contribution in [0.1, 0.15) is 12.6 Å². The summed E-state index contributed by atoms with van der Waals surface area (Å²) in [7, 11) is 0. The van der Waals surface area contributed by atoms with E-state index in [0.717, 1.165) is 34.3 Å². The number of hydrogen-bond acceptors (Lipinski definition) is 7. The minimum atomic E-state index is 0.505. The monoisotopic (exact) mass is 378 g/mol. The topological polar surface area (TPSA) is 77.5 Å². The Morgan fingerprint density at radius 3 is 2.43 bits per heavy atom. The first-order valence-corrected chi connectivity index (χ1v) is 9.22. The molecule has 1 aliphatic rings. The maximum absolute atomic E-state index is 5.63. The molecule has 1 aromatic heterocycles. The van der Waals surface area contributed by atoms with Gasteiger partial charge in [0.15, 0.2) is 11.5 Å². The van der Waals surface area contributed by atoms with Crippen molar-refractivity contribution in [3.8, 4) is 17.2 Å². The summed E-state index contributed by atoms with van der Waals surface area (Å²) < 4.78 is 16.7. The maximum Gasteiger partial charge on any atom is 0.229 e. The van der Waals surface area contributed by atoms with E-state index in [1.807, 2.05) is 62.4 Å². The highest BCUT2D eigenvalue weighted by Gasteiger charge is 2.12. The van der Waals surface area contributed by atoms with Crippen LogP contribution in [0.4, 0.5) is 23.1 Å². The van der Waals surface area contributed by atoms with Crippen molar-refractivity contribution in [2.45, 2.75) is 13.8 Å². The second-order valence-corrected chi connectivity index (χ2v) is 6.28. The quantitative estimate of drug-likeness (QED) is 0.656. The van der Waals surface area contributed by atoms with Gasteiger partial charge in [-0.15, -0.1) is 0 Å². The Morgan fingerprint density at radius 1 is 0.893 bits per heavy atom. The van der Waals surface area contributed by atoms with Crippen molar-refractivity contribution < 1.29 is 14.2 Å². The highest BCUT2D eigenvalue weighted by molar-refractivity contribution is 5.63. The lowest BCUT2D eigenvalue weighted by Gasteiger charge is -2.19. The average Bonchev–Trinajstić information content (AvgIpc) is 2.69. The smallest absolute Gasteiger partial charge is 0.229 e. The van der Waals surface area contributed by atoms with Crippen LogP contribution in [0.15, 0.2) is 48.5 Å². The Bertz CT molecular complexity index is 960. The van der Waals surface area contributed by atoms with Gasteiger partial charge in [-0.05, 0) is 50.2 Å². The van der Waals surface area contributed by atoms with Crippen LogP contribution in [0.5, 0.6) is 17.2 Å². The molecule has 0 bridgehead atoms. The van der Waals surface area contributed by atoms with Crippen molar-refractivity contribution in [1.29, 1.82) is 0 Å². The first-order valence-electron chi connectivity index (χ1n) is 9.22. The van der Waals surface area contributed by atoms with Gasteiger partial charge >= 0.3 is 0 Å². The van der Waals surface area contributed by atoms with Crippen LogP contribution >= 0.6 is 0 Å². The number of fused-ring (bicyclic) bond motifs is 1. The number of aryl methyl sites for hydroxylation is 1. The fourth-order valence-electron chi connectivity index (χ4n) is 2.89. The zero-order chi connectivity index (χ0) is 19.3. The number of rotatable bonds is 6. The Labute approximate surface area is 163 Å². The summed E-state index contributed by atoms with van der Waals surface area (Å²) in [5.74, 6) is 3.52. The minimum Gasteiger partial charge on any atom is -0.494 e. The van der Waals surface area contributed by atoms with Gasteiger partial charge in [-0.3, -0.25) is 0 Å². The van der Waals surface area contributed by atoms with Gasteiger partial charge in [0, 0.05) is 29.2 Å². The Morgan fingerprint density at radius 2 is 1.64 bits per heavy atom. The number of nitrogens with one attached hydrogen (secondary N) is 2. The first kappa shape index (κ1) is 17.9. The molecule has 2 heterocycles. The van der Waals surface area contributed by atoms with Crippen LogP contribution in [-0.4, -0.2) is 29.8 Å². The molecule has 0 atom stereocenters. The van der Waals surface area contributed by atoms with Crippen LogP contribution in [0.2, 0.25) is 0 Å². The molecule has 7 heteroatoms. The van der Waals surface area contributed by atoms with Gasteiger partial charge in [-0.2, -0.15) is 4.98 Å². The molecule has 1 aliphatic heterocycles. The second kappa shape index (κ2) is 8.04. The number of nitrogens with zero attached hydrogens (tertiary/aromatic N) is 2. The SMILES string of the molecule is CCOc1ccc(Nc2cc(C)nc(Nc3ccc4c(c3)OCCO4)n2)cc1. The highest BCUT2D eigenvalue weighted by Crippen LogP contribution is 2.33. The van der Waals surface area contributed by atoms with Crippen LogP contribution in [0.25, 0.3) is 0 Å². The Hall–Kier alpha value is -3.48. The molecule has 2 N–H and O–H groups in total. The first-order chi connectivity index (χ1) is 13.7. The van der Waals surface area contributed by atoms with Gasteiger partial charge in [0.1, 0.15) is 24.8 Å². The summed E-state index contributed by atoms with van der Waals surface area (Å²) in [6, 6.07) is 15.3. The summed E-state index contributed by atoms with van der Waals surface area (Å²) in [6.45, 7) is 5.66. The lowest BCUT2D eigenvalue weighted by Crippen LogP contribution is -2.15. The van der Waals surface area contributed by atoms with Crippen molar-refractivity contribution >= 4 is 23.1 Å². The molecule has 7 nitrogen and oxygen atoms in total. The summed E-state index contributed by atoms with van der Waals surface area (Å²) >= 11 is 0. The molecule has 28 heavy (non-hydrogen) atoms. The third-order valence-electron chi connectivity index (χ3n) is 4.09. The summed E-state index contributed by atoms with van der Waals surface area (Å²) in [6.07, 6.45) is 0. The molecular formula is C21H22N4O3. The third-order valence-corrected chi connectivity index (χ3v) is 4.09. The number of anilines is 4. The molecular weight excluding hydrogens is 356 g/mol. The zero-order valence-corrected chi connectivity index (χ0v) is 15.9. The Balaban J connectivity index is 1.50. The molecule has 0 radical (unpaired) electrons. The molecule has 0 spiro atoms. The van der Waals surface area contributed by atoms with E-state index < -0.39 is 0 Å². The maximum atomic E-state index is 5.63. The van der Waals surface area contributed by atoms with Crippen molar-refractivity contribution in [3.05, 3.63) is 54.2 Å². The highest BCUT2D eigenvalue weighted by atomic mass is 16.6.